The van der Waals surface area contributed by atoms with Gasteiger partial charge in [-0.2, -0.15) is 0 Å². The smallest absolute Gasteiger partial charge is 0.122 e. The Hall–Kier alpha value is -1.81. The zero-order valence-electron chi connectivity index (χ0n) is 11.8. The molecule has 1 N–H and O–H groups in total. The highest BCUT2D eigenvalue weighted by Crippen LogP contribution is 2.40. The molecular weight excluding hydrogens is 250 g/mol. The fraction of sp³-hybridized carbons (Fsp3) is 0.438. The molecule has 106 valence electrons. The number of nitrogens with one attached hydrogen (secondary N) is 1. The van der Waals surface area contributed by atoms with Crippen LogP contribution in [-0.2, 0) is 6.54 Å². The fourth-order valence-electron chi connectivity index (χ4n) is 2.86. The number of ether oxygens (including phenoxy) is 1. The number of aromatic nitrogens is 2. The lowest BCUT2D eigenvalue weighted by Gasteiger charge is -2.37. The van der Waals surface area contributed by atoms with Gasteiger partial charge < -0.3 is 14.6 Å². The number of hydrogen-bond acceptors (Lipinski definition) is 3. The molecule has 1 saturated carbocycles. The van der Waals surface area contributed by atoms with Gasteiger partial charge in [-0.25, -0.2) is 4.98 Å². The molecule has 0 unspecified atom stereocenters. The van der Waals surface area contributed by atoms with Gasteiger partial charge in [0.15, 0.2) is 0 Å². The summed E-state index contributed by atoms with van der Waals surface area (Å²) in [5.74, 6) is 1.66. The van der Waals surface area contributed by atoms with Crippen molar-refractivity contribution in [3.8, 4) is 5.75 Å². The highest BCUT2D eigenvalue weighted by molar-refractivity contribution is 5.37. The minimum atomic E-state index is 0.633. The topological polar surface area (TPSA) is 39.1 Å². The van der Waals surface area contributed by atoms with Crippen molar-refractivity contribution in [1.29, 1.82) is 0 Å². The summed E-state index contributed by atoms with van der Waals surface area (Å²) in [6.45, 7) is 1.98. The lowest BCUT2D eigenvalue weighted by atomic mass is 9.75. The molecule has 20 heavy (non-hydrogen) atoms. The number of para-hydroxylation sites is 1. The van der Waals surface area contributed by atoms with Crippen LogP contribution < -0.4 is 10.1 Å². The minimum absolute atomic E-state index is 0.633. The summed E-state index contributed by atoms with van der Waals surface area (Å²) in [4.78, 5) is 4.05. The van der Waals surface area contributed by atoms with Gasteiger partial charge in [0.05, 0.1) is 13.4 Å². The number of benzene rings is 1. The Kier molecular flexibility index (Phi) is 4.02. The van der Waals surface area contributed by atoms with Gasteiger partial charge in [-0.3, -0.25) is 0 Å². The predicted octanol–water partition coefficient (Wildman–Crippen LogP) is 2.43. The standard InChI is InChI=1S/C16H21N3O/c1-20-16-5-3-2-4-15(16)13-10-14(11-13)18-7-9-19-8-6-17-12-19/h2-6,8,12-14,18H,7,9-11H2,1H3. The Morgan fingerprint density at radius 2 is 2.20 bits per heavy atom. The van der Waals surface area contributed by atoms with Crippen LogP contribution in [0, 0.1) is 0 Å². The van der Waals surface area contributed by atoms with Crippen LogP contribution in [0.4, 0.5) is 0 Å². The molecule has 0 aliphatic heterocycles. The first-order chi connectivity index (χ1) is 9.86. The van der Waals surface area contributed by atoms with Crippen molar-refractivity contribution in [2.24, 2.45) is 0 Å². The van der Waals surface area contributed by atoms with Crippen LogP contribution in [0.25, 0.3) is 0 Å². The van der Waals surface area contributed by atoms with Crippen LogP contribution in [0.5, 0.6) is 5.75 Å². The first-order valence-electron chi connectivity index (χ1n) is 7.19. The summed E-state index contributed by atoms with van der Waals surface area (Å²) in [6.07, 6.45) is 8.08. The maximum Gasteiger partial charge on any atom is 0.122 e. The molecule has 1 aliphatic rings. The van der Waals surface area contributed by atoms with Crippen molar-refractivity contribution in [1.82, 2.24) is 14.9 Å². The van der Waals surface area contributed by atoms with Crippen LogP contribution in [0.1, 0.15) is 24.3 Å². The van der Waals surface area contributed by atoms with Crippen LogP contribution in [-0.4, -0.2) is 29.2 Å². The Labute approximate surface area is 119 Å². The van der Waals surface area contributed by atoms with E-state index in [1.54, 1.807) is 7.11 Å². The average Bonchev–Trinajstić information content (AvgIpc) is 2.94. The molecule has 1 aromatic heterocycles. The summed E-state index contributed by atoms with van der Waals surface area (Å²) in [7, 11) is 1.75. The molecule has 1 fully saturated rings. The second-order valence-electron chi connectivity index (χ2n) is 5.36. The quantitative estimate of drug-likeness (QED) is 0.877. The second kappa shape index (κ2) is 6.09. The molecule has 0 spiro atoms. The molecule has 0 amide bonds. The van der Waals surface area contributed by atoms with Gasteiger partial charge in [-0.15, -0.1) is 0 Å². The van der Waals surface area contributed by atoms with Crippen LogP contribution in [0.15, 0.2) is 43.0 Å². The van der Waals surface area contributed by atoms with Crippen molar-refractivity contribution in [3.05, 3.63) is 48.5 Å². The molecule has 1 aliphatic carbocycles. The molecule has 3 rings (SSSR count). The molecule has 1 aromatic carbocycles. The Morgan fingerprint density at radius 1 is 1.35 bits per heavy atom. The Morgan fingerprint density at radius 3 is 2.95 bits per heavy atom. The second-order valence-corrected chi connectivity index (χ2v) is 5.36. The van der Waals surface area contributed by atoms with Gasteiger partial charge >= 0.3 is 0 Å². The molecule has 4 nitrogen and oxygen atoms in total. The zero-order valence-corrected chi connectivity index (χ0v) is 11.8. The average molecular weight is 271 g/mol. The third kappa shape index (κ3) is 2.85. The molecular formula is C16H21N3O. The summed E-state index contributed by atoms with van der Waals surface area (Å²) in [6, 6.07) is 8.99. The maximum absolute atomic E-state index is 5.44. The predicted molar refractivity (Wildman–Crippen MR) is 79.0 cm³/mol. The number of hydrogen-bond donors (Lipinski definition) is 1. The molecule has 0 radical (unpaired) electrons. The van der Waals surface area contributed by atoms with E-state index in [2.05, 4.69) is 33.1 Å². The van der Waals surface area contributed by atoms with E-state index in [1.165, 1.54) is 18.4 Å². The van der Waals surface area contributed by atoms with Gasteiger partial charge in [-0.05, 0) is 30.4 Å². The van der Waals surface area contributed by atoms with Gasteiger partial charge in [0, 0.05) is 31.5 Å². The van der Waals surface area contributed by atoms with Crippen molar-refractivity contribution < 1.29 is 4.74 Å². The molecule has 2 aromatic rings. The number of imidazole rings is 1. The molecule has 0 bridgehead atoms. The van der Waals surface area contributed by atoms with Gasteiger partial charge in [0.25, 0.3) is 0 Å². The molecule has 0 atom stereocenters. The van der Waals surface area contributed by atoms with Crippen molar-refractivity contribution in [2.45, 2.75) is 31.3 Å². The van der Waals surface area contributed by atoms with E-state index in [0.29, 0.717) is 12.0 Å². The SMILES string of the molecule is COc1ccccc1C1CC(NCCn2ccnc2)C1. The normalized spacial score (nSPS) is 21.4. The Balaban J connectivity index is 1.44. The van der Waals surface area contributed by atoms with E-state index >= 15 is 0 Å². The van der Waals surface area contributed by atoms with Gasteiger partial charge in [0.2, 0.25) is 0 Å². The first-order valence-corrected chi connectivity index (χ1v) is 7.19. The largest absolute Gasteiger partial charge is 0.496 e. The number of nitrogens with zero attached hydrogens (tertiary/aromatic N) is 2. The van der Waals surface area contributed by atoms with E-state index in [-0.39, 0.29) is 0 Å². The molecule has 1 heterocycles. The summed E-state index contributed by atoms with van der Waals surface area (Å²) in [5, 5.41) is 3.61. The van der Waals surface area contributed by atoms with Crippen molar-refractivity contribution in [2.75, 3.05) is 13.7 Å². The van der Waals surface area contributed by atoms with Crippen molar-refractivity contribution in [3.63, 3.8) is 0 Å². The summed E-state index contributed by atoms with van der Waals surface area (Å²) >= 11 is 0. The van der Waals surface area contributed by atoms with E-state index < -0.39 is 0 Å². The number of rotatable bonds is 6. The van der Waals surface area contributed by atoms with E-state index in [1.807, 2.05) is 24.8 Å². The van der Waals surface area contributed by atoms with E-state index in [9.17, 15) is 0 Å². The lowest BCUT2D eigenvalue weighted by molar-refractivity contribution is 0.281. The fourth-order valence-corrected chi connectivity index (χ4v) is 2.86. The maximum atomic E-state index is 5.44. The Bertz CT molecular complexity index is 532. The van der Waals surface area contributed by atoms with Gasteiger partial charge in [-0.1, -0.05) is 18.2 Å². The van der Waals surface area contributed by atoms with Gasteiger partial charge in [0.1, 0.15) is 5.75 Å². The zero-order chi connectivity index (χ0) is 13.8. The summed E-state index contributed by atoms with van der Waals surface area (Å²) < 4.78 is 7.54. The van der Waals surface area contributed by atoms with Crippen LogP contribution >= 0.6 is 0 Å². The minimum Gasteiger partial charge on any atom is -0.496 e. The van der Waals surface area contributed by atoms with Crippen molar-refractivity contribution >= 4 is 0 Å². The van der Waals surface area contributed by atoms with E-state index in [4.69, 9.17) is 4.74 Å². The highest BCUT2D eigenvalue weighted by atomic mass is 16.5. The summed E-state index contributed by atoms with van der Waals surface area (Å²) in [5.41, 5.74) is 1.35. The van der Waals surface area contributed by atoms with Crippen LogP contribution in [0.3, 0.4) is 0 Å². The first kappa shape index (κ1) is 13.2. The third-order valence-electron chi connectivity index (χ3n) is 4.08. The molecule has 4 heteroatoms. The lowest BCUT2D eigenvalue weighted by Crippen LogP contribution is -2.41. The van der Waals surface area contributed by atoms with Crippen LogP contribution in [0.2, 0.25) is 0 Å². The van der Waals surface area contributed by atoms with E-state index in [0.717, 1.165) is 18.8 Å². The monoisotopic (exact) mass is 271 g/mol. The highest BCUT2D eigenvalue weighted by Gasteiger charge is 2.31. The molecule has 0 saturated heterocycles. The number of methoxy groups -OCH3 is 1. The third-order valence-corrected chi connectivity index (χ3v) is 4.08.